The van der Waals surface area contributed by atoms with E-state index in [9.17, 15) is 4.79 Å². The van der Waals surface area contributed by atoms with Crippen LogP contribution in [0.2, 0.25) is 0 Å². The maximum Gasteiger partial charge on any atom is 0.252 e. The van der Waals surface area contributed by atoms with E-state index in [0.717, 1.165) is 13.0 Å². The number of carbonyl (C=O) groups excluding carboxylic acids is 1. The van der Waals surface area contributed by atoms with Gasteiger partial charge >= 0.3 is 0 Å². The number of aromatic nitrogens is 2. The van der Waals surface area contributed by atoms with Crippen LogP contribution in [-0.2, 0) is 6.54 Å². The number of nitrogens with zero attached hydrogens (tertiary/aromatic N) is 2. The third-order valence-electron chi connectivity index (χ3n) is 3.45. The lowest BCUT2D eigenvalue weighted by Gasteiger charge is -2.16. The molecule has 1 amide bonds. The molecule has 8 heteroatoms. The summed E-state index contributed by atoms with van der Waals surface area (Å²) in [6.45, 7) is 1.33. The Hall–Kier alpha value is -2.22. The van der Waals surface area contributed by atoms with Crippen LogP contribution in [0.4, 0.5) is 0 Å². The summed E-state index contributed by atoms with van der Waals surface area (Å²) in [7, 11) is 4.54. The largest absolute Gasteiger partial charge is 0.493 e. The van der Waals surface area contributed by atoms with E-state index in [2.05, 4.69) is 26.2 Å². The molecule has 24 heavy (non-hydrogen) atoms. The van der Waals surface area contributed by atoms with Crippen LogP contribution in [0.3, 0.4) is 0 Å². The van der Waals surface area contributed by atoms with Crippen LogP contribution in [0.5, 0.6) is 17.2 Å². The summed E-state index contributed by atoms with van der Waals surface area (Å²) < 4.78 is 18.4. The standard InChI is InChI=1S/C16H20BrN3O4/c1-22-12-9-11(13(17)15(24-3)14(12)23-2)16(21)19-5-4-7-20-8-6-18-10-20/h6,8-10H,4-5,7H2,1-3H3,(H,19,21). The van der Waals surface area contributed by atoms with Crippen molar-refractivity contribution in [2.75, 3.05) is 27.9 Å². The number of ether oxygens (including phenoxy) is 3. The monoisotopic (exact) mass is 397 g/mol. The zero-order chi connectivity index (χ0) is 17.5. The van der Waals surface area contributed by atoms with Gasteiger partial charge < -0.3 is 24.1 Å². The van der Waals surface area contributed by atoms with Crippen LogP contribution in [0.25, 0.3) is 0 Å². The average molecular weight is 398 g/mol. The van der Waals surface area contributed by atoms with E-state index in [1.165, 1.54) is 21.3 Å². The molecule has 0 saturated heterocycles. The molecule has 0 aliphatic rings. The van der Waals surface area contributed by atoms with E-state index < -0.39 is 0 Å². The van der Waals surface area contributed by atoms with Crippen molar-refractivity contribution in [1.29, 1.82) is 0 Å². The number of methoxy groups -OCH3 is 3. The van der Waals surface area contributed by atoms with Crippen molar-refractivity contribution in [2.24, 2.45) is 0 Å². The van der Waals surface area contributed by atoms with Gasteiger partial charge in [0.1, 0.15) is 0 Å². The number of amides is 1. The number of rotatable bonds is 8. The summed E-state index contributed by atoms with van der Waals surface area (Å²) in [5.41, 5.74) is 0.423. The molecule has 0 atom stereocenters. The number of aryl methyl sites for hydroxylation is 1. The molecule has 0 fully saturated rings. The van der Waals surface area contributed by atoms with E-state index >= 15 is 0 Å². The first-order chi connectivity index (χ1) is 11.6. The normalized spacial score (nSPS) is 10.3. The topological polar surface area (TPSA) is 74.6 Å². The van der Waals surface area contributed by atoms with Crippen LogP contribution in [0.1, 0.15) is 16.8 Å². The summed E-state index contributed by atoms with van der Waals surface area (Å²) in [5, 5.41) is 2.89. The smallest absolute Gasteiger partial charge is 0.252 e. The first-order valence-corrected chi connectivity index (χ1v) is 8.14. The van der Waals surface area contributed by atoms with Gasteiger partial charge in [-0.05, 0) is 28.4 Å². The Labute approximate surface area is 149 Å². The quantitative estimate of drug-likeness (QED) is 0.692. The Morgan fingerprint density at radius 3 is 2.58 bits per heavy atom. The second-order valence-corrected chi connectivity index (χ2v) is 5.71. The third-order valence-corrected chi connectivity index (χ3v) is 4.24. The molecule has 2 rings (SSSR count). The van der Waals surface area contributed by atoms with Crippen molar-refractivity contribution in [3.63, 3.8) is 0 Å². The number of nitrogens with one attached hydrogen (secondary N) is 1. The summed E-state index contributed by atoms with van der Waals surface area (Å²) in [6.07, 6.45) is 6.16. The van der Waals surface area contributed by atoms with E-state index in [4.69, 9.17) is 14.2 Å². The van der Waals surface area contributed by atoms with Crippen LogP contribution < -0.4 is 19.5 Å². The van der Waals surface area contributed by atoms with Crippen LogP contribution in [0, 0.1) is 0 Å². The average Bonchev–Trinajstić information content (AvgIpc) is 3.11. The van der Waals surface area contributed by atoms with Gasteiger partial charge in [-0.3, -0.25) is 4.79 Å². The van der Waals surface area contributed by atoms with Crippen molar-refractivity contribution in [2.45, 2.75) is 13.0 Å². The lowest BCUT2D eigenvalue weighted by molar-refractivity contribution is 0.0951. The van der Waals surface area contributed by atoms with E-state index in [1.807, 2.05) is 10.8 Å². The zero-order valence-corrected chi connectivity index (χ0v) is 15.4. The van der Waals surface area contributed by atoms with Crippen molar-refractivity contribution in [1.82, 2.24) is 14.9 Å². The highest BCUT2D eigenvalue weighted by Gasteiger charge is 2.22. The van der Waals surface area contributed by atoms with Crippen LogP contribution in [-0.4, -0.2) is 43.3 Å². The second kappa shape index (κ2) is 8.58. The minimum Gasteiger partial charge on any atom is -0.493 e. The minimum atomic E-state index is -0.216. The van der Waals surface area contributed by atoms with Gasteiger partial charge in [0.2, 0.25) is 5.75 Å². The Bertz CT molecular complexity index is 689. The molecule has 0 aliphatic heterocycles. The third kappa shape index (κ3) is 4.00. The molecule has 0 radical (unpaired) electrons. The predicted octanol–water partition coefficient (Wildman–Crippen LogP) is 2.49. The molecule has 0 spiro atoms. The molecule has 130 valence electrons. The molecule has 2 aromatic rings. The number of hydrogen-bond donors (Lipinski definition) is 1. The maximum absolute atomic E-state index is 12.5. The Morgan fingerprint density at radius 2 is 2.00 bits per heavy atom. The molecule has 1 aromatic carbocycles. The van der Waals surface area contributed by atoms with E-state index in [-0.39, 0.29) is 5.91 Å². The molecule has 0 unspecified atom stereocenters. The van der Waals surface area contributed by atoms with Crippen molar-refractivity contribution < 1.29 is 19.0 Å². The molecule has 0 aliphatic carbocycles. The van der Waals surface area contributed by atoms with Gasteiger partial charge in [-0.15, -0.1) is 0 Å². The zero-order valence-electron chi connectivity index (χ0n) is 13.8. The fraction of sp³-hybridized carbons (Fsp3) is 0.375. The molecule has 7 nitrogen and oxygen atoms in total. The van der Waals surface area contributed by atoms with Gasteiger partial charge in [-0.1, -0.05) is 0 Å². The van der Waals surface area contributed by atoms with Gasteiger partial charge in [0.05, 0.1) is 37.7 Å². The predicted molar refractivity (Wildman–Crippen MR) is 93.0 cm³/mol. The number of halogens is 1. The van der Waals surface area contributed by atoms with Gasteiger partial charge in [0, 0.05) is 25.5 Å². The van der Waals surface area contributed by atoms with E-state index in [0.29, 0.717) is 33.8 Å². The second-order valence-electron chi connectivity index (χ2n) is 4.92. The molecule has 1 aromatic heterocycles. The van der Waals surface area contributed by atoms with Gasteiger partial charge in [-0.2, -0.15) is 0 Å². The molecule has 0 bridgehead atoms. The van der Waals surface area contributed by atoms with Gasteiger partial charge in [0.25, 0.3) is 5.91 Å². The number of benzene rings is 1. The molecule has 0 saturated carbocycles. The van der Waals surface area contributed by atoms with Crippen molar-refractivity contribution in [3.8, 4) is 17.2 Å². The highest BCUT2D eigenvalue weighted by molar-refractivity contribution is 9.10. The van der Waals surface area contributed by atoms with Crippen molar-refractivity contribution in [3.05, 3.63) is 34.8 Å². The molecular weight excluding hydrogens is 378 g/mol. The lowest BCUT2D eigenvalue weighted by Crippen LogP contribution is -2.25. The van der Waals surface area contributed by atoms with Gasteiger partial charge in [-0.25, -0.2) is 4.98 Å². The first-order valence-electron chi connectivity index (χ1n) is 7.34. The molecule has 1 heterocycles. The highest BCUT2D eigenvalue weighted by Crippen LogP contribution is 2.44. The molecular formula is C16H20BrN3O4. The summed E-state index contributed by atoms with van der Waals surface area (Å²) >= 11 is 3.40. The SMILES string of the molecule is COc1cc(C(=O)NCCCn2ccnc2)c(Br)c(OC)c1OC. The Morgan fingerprint density at radius 1 is 1.25 bits per heavy atom. The Balaban J connectivity index is 2.08. The fourth-order valence-electron chi connectivity index (χ4n) is 2.26. The number of hydrogen-bond acceptors (Lipinski definition) is 5. The van der Waals surface area contributed by atoms with Crippen LogP contribution >= 0.6 is 15.9 Å². The minimum absolute atomic E-state index is 0.216. The lowest BCUT2D eigenvalue weighted by atomic mass is 10.1. The highest BCUT2D eigenvalue weighted by atomic mass is 79.9. The Kier molecular flexibility index (Phi) is 6.48. The van der Waals surface area contributed by atoms with E-state index in [1.54, 1.807) is 18.6 Å². The van der Waals surface area contributed by atoms with Crippen molar-refractivity contribution >= 4 is 21.8 Å². The first kappa shape index (κ1) is 18.1. The van der Waals surface area contributed by atoms with Crippen LogP contribution in [0.15, 0.2) is 29.3 Å². The summed E-state index contributed by atoms with van der Waals surface area (Å²) in [6, 6.07) is 1.62. The fourth-order valence-corrected chi connectivity index (χ4v) is 2.90. The number of carbonyl (C=O) groups is 1. The maximum atomic E-state index is 12.5. The van der Waals surface area contributed by atoms with Gasteiger partial charge in [0.15, 0.2) is 11.5 Å². The number of imidazole rings is 1. The summed E-state index contributed by atoms with van der Waals surface area (Å²) in [5.74, 6) is 1.07. The molecule has 1 N–H and O–H groups in total. The summed E-state index contributed by atoms with van der Waals surface area (Å²) in [4.78, 5) is 16.4.